The van der Waals surface area contributed by atoms with Crippen molar-refractivity contribution < 1.29 is 4.79 Å². The topological polar surface area (TPSA) is 67.2 Å². The predicted octanol–water partition coefficient (Wildman–Crippen LogP) is 2.55. The average molecular weight is 378 g/mol. The van der Waals surface area contributed by atoms with Crippen molar-refractivity contribution in [1.29, 1.82) is 0 Å². The number of carbonyl (C=O) groups is 1. The summed E-state index contributed by atoms with van der Waals surface area (Å²) in [7, 11) is 0. The Hall–Kier alpha value is -2.99. The molecule has 1 amide bonds. The Morgan fingerprint density at radius 3 is 2.43 bits per heavy atom. The molecule has 0 aliphatic heterocycles. The Kier molecular flexibility index (Phi) is 6.55. The van der Waals surface area contributed by atoms with Crippen molar-refractivity contribution >= 4 is 16.9 Å². The maximum atomic E-state index is 12.4. The first-order valence-corrected chi connectivity index (χ1v) is 9.62. The molecule has 146 valence electrons. The average Bonchev–Trinajstić information content (AvgIpc) is 2.73. The number of rotatable bonds is 8. The van der Waals surface area contributed by atoms with Crippen LogP contribution in [0.1, 0.15) is 25.0 Å². The van der Waals surface area contributed by atoms with E-state index in [0.29, 0.717) is 17.6 Å². The first kappa shape index (κ1) is 19.8. The van der Waals surface area contributed by atoms with Crippen molar-refractivity contribution in [2.45, 2.75) is 33.5 Å². The zero-order valence-electron chi connectivity index (χ0n) is 16.4. The molecule has 3 rings (SSSR count). The van der Waals surface area contributed by atoms with E-state index in [9.17, 15) is 9.59 Å². The van der Waals surface area contributed by atoms with E-state index in [0.717, 1.165) is 25.2 Å². The fourth-order valence-electron chi connectivity index (χ4n) is 3.15. The Balaban J connectivity index is 1.61. The van der Waals surface area contributed by atoms with Gasteiger partial charge in [-0.05, 0) is 36.3 Å². The molecule has 6 heteroatoms. The number of para-hydroxylation sites is 2. The maximum Gasteiger partial charge on any atom is 0.269 e. The van der Waals surface area contributed by atoms with Crippen LogP contribution in [0.3, 0.4) is 0 Å². The van der Waals surface area contributed by atoms with E-state index < -0.39 is 0 Å². The summed E-state index contributed by atoms with van der Waals surface area (Å²) in [6, 6.07) is 15.6. The second-order valence-electron chi connectivity index (χ2n) is 6.73. The molecular formula is C22H26N4O2. The SMILES string of the molecule is CCN(CC)Cc1ccc(CNC(=O)Cn2c(=O)cnc3ccccc32)cc1. The van der Waals surface area contributed by atoms with E-state index in [4.69, 9.17) is 0 Å². The van der Waals surface area contributed by atoms with Crippen molar-refractivity contribution in [2.24, 2.45) is 0 Å². The first-order chi connectivity index (χ1) is 13.6. The van der Waals surface area contributed by atoms with Crippen LogP contribution in [0.5, 0.6) is 0 Å². The summed E-state index contributed by atoms with van der Waals surface area (Å²) < 4.78 is 1.45. The number of nitrogens with one attached hydrogen (secondary N) is 1. The van der Waals surface area contributed by atoms with Gasteiger partial charge in [0.2, 0.25) is 5.91 Å². The third kappa shape index (κ3) is 4.84. The van der Waals surface area contributed by atoms with Gasteiger partial charge >= 0.3 is 0 Å². The van der Waals surface area contributed by atoms with Crippen molar-refractivity contribution in [1.82, 2.24) is 19.8 Å². The van der Waals surface area contributed by atoms with E-state index in [-0.39, 0.29) is 18.0 Å². The molecule has 1 N–H and O–H groups in total. The van der Waals surface area contributed by atoms with Crippen molar-refractivity contribution in [3.63, 3.8) is 0 Å². The van der Waals surface area contributed by atoms with E-state index in [1.807, 2.05) is 30.3 Å². The molecule has 0 radical (unpaired) electrons. The molecule has 0 aliphatic carbocycles. The summed E-state index contributed by atoms with van der Waals surface area (Å²) in [6.07, 6.45) is 1.25. The summed E-state index contributed by atoms with van der Waals surface area (Å²) in [5.41, 5.74) is 3.36. The number of hydrogen-bond donors (Lipinski definition) is 1. The van der Waals surface area contributed by atoms with Gasteiger partial charge in [0.1, 0.15) is 6.54 Å². The number of hydrogen-bond acceptors (Lipinski definition) is 4. The standard InChI is InChI=1S/C22H26N4O2/c1-3-25(4-2)15-18-11-9-17(10-12-18)13-24-21(27)16-26-20-8-6-5-7-19(20)23-14-22(26)28/h5-12,14H,3-4,13,15-16H2,1-2H3,(H,24,27). The van der Waals surface area contributed by atoms with Gasteiger partial charge in [0.05, 0.1) is 17.2 Å². The summed E-state index contributed by atoms with van der Waals surface area (Å²) >= 11 is 0. The minimum Gasteiger partial charge on any atom is -0.350 e. The van der Waals surface area contributed by atoms with Crippen LogP contribution in [0.2, 0.25) is 0 Å². The highest BCUT2D eigenvalue weighted by Crippen LogP contribution is 2.09. The lowest BCUT2D eigenvalue weighted by molar-refractivity contribution is -0.121. The molecule has 0 spiro atoms. The largest absolute Gasteiger partial charge is 0.350 e. The van der Waals surface area contributed by atoms with E-state index in [1.54, 1.807) is 6.07 Å². The van der Waals surface area contributed by atoms with Gasteiger partial charge in [0.25, 0.3) is 5.56 Å². The molecule has 1 aromatic heterocycles. The summed E-state index contributed by atoms with van der Waals surface area (Å²) in [5.74, 6) is -0.203. The maximum absolute atomic E-state index is 12.4. The lowest BCUT2D eigenvalue weighted by atomic mass is 10.1. The van der Waals surface area contributed by atoms with Gasteiger partial charge in [-0.2, -0.15) is 0 Å². The fraction of sp³-hybridized carbons (Fsp3) is 0.318. The van der Waals surface area contributed by atoms with Gasteiger partial charge in [0, 0.05) is 13.1 Å². The van der Waals surface area contributed by atoms with Gasteiger partial charge < -0.3 is 5.32 Å². The monoisotopic (exact) mass is 378 g/mol. The van der Waals surface area contributed by atoms with Gasteiger partial charge in [-0.15, -0.1) is 0 Å². The lowest BCUT2D eigenvalue weighted by Crippen LogP contribution is -2.32. The normalized spacial score (nSPS) is 11.1. The molecule has 1 heterocycles. The fourth-order valence-corrected chi connectivity index (χ4v) is 3.15. The van der Waals surface area contributed by atoms with Crippen molar-refractivity contribution in [3.8, 4) is 0 Å². The highest BCUT2D eigenvalue weighted by molar-refractivity contribution is 5.79. The first-order valence-electron chi connectivity index (χ1n) is 9.62. The molecule has 6 nitrogen and oxygen atoms in total. The molecule has 0 fully saturated rings. The van der Waals surface area contributed by atoms with Crippen molar-refractivity contribution in [2.75, 3.05) is 13.1 Å². The summed E-state index contributed by atoms with van der Waals surface area (Å²) in [6.45, 7) is 7.70. The highest BCUT2D eigenvalue weighted by Gasteiger charge is 2.09. The predicted molar refractivity (Wildman–Crippen MR) is 111 cm³/mol. The van der Waals surface area contributed by atoms with E-state index >= 15 is 0 Å². The number of fused-ring (bicyclic) bond motifs is 1. The number of amides is 1. The molecule has 0 saturated heterocycles. The second kappa shape index (κ2) is 9.28. The molecule has 3 aromatic rings. The Bertz CT molecular complexity index is 991. The molecule has 28 heavy (non-hydrogen) atoms. The van der Waals surface area contributed by atoms with Crippen molar-refractivity contribution in [3.05, 3.63) is 76.2 Å². The van der Waals surface area contributed by atoms with Crippen LogP contribution in [-0.2, 0) is 24.4 Å². The van der Waals surface area contributed by atoms with Crippen LogP contribution in [0.4, 0.5) is 0 Å². The molecule has 0 unspecified atom stereocenters. The Morgan fingerprint density at radius 2 is 1.71 bits per heavy atom. The number of aromatic nitrogens is 2. The van der Waals surface area contributed by atoms with Crippen LogP contribution in [0.15, 0.2) is 59.5 Å². The quantitative estimate of drug-likeness (QED) is 0.654. The zero-order chi connectivity index (χ0) is 19.9. The Morgan fingerprint density at radius 1 is 1.04 bits per heavy atom. The number of benzene rings is 2. The van der Waals surface area contributed by atoms with Crippen LogP contribution in [0.25, 0.3) is 11.0 Å². The molecule has 0 bridgehead atoms. The smallest absolute Gasteiger partial charge is 0.269 e. The second-order valence-corrected chi connectivity index (χ2v) is 6.73. The highest BCUT2D eigenvalue weighted by atomic mass is 16.2. The summed E-state index contributed by atoms with van der Waals surface area (Å²) in [5, 5.41) is 2.89. The zero-order valence-corrected chi connectivity index (χ0v) is 16.4. The number of carbonyl (C=O) groups excluding carboxylic acids is 1. The third-order valence-electron chi connectivity index (χ3n) is 4.87. The lowest BCUT2D eigenvalue weighted by Gasteiger charge is -2.18. The van der Waals surface area contributed by atoms with Crippen LogP contribution in [-0.4, -0.2) is 33.4 Å². The van der Waals surface area contributed by atoms with Crippen LogP contribution < -0.4 is 10.9 Å². The summed E-state index contributed by atoms with van der Waals surface area (Å²) in [4.78, 5) is 31.0. The minimum absolute atomic E-state index is 0.0259. The molecule has 0 atom stereocenters. The van der Waals surface area contributed by atoms with Gasteiger partial charge in [-0.1, -0.05) is 50.2 Å². The minimum atomic E-state index is -0.283. The molecule has 2 aromatic carbocycles. The van der Waals surface area contributed by atoms with Crippen LogP contribution in [0, 0.1) is 0 Å². The Labute approximate surface area is 164 Å². The van der Waals surface area contributed by atoms with E-state index in [2.05, 4.69) is 41.2 Å². The van der Waals surface area contributed by atoms with Gasteiger partial charge in [-0.3, -0.25) is 19.1 Å². The molecule has 0 aliphatic rings. The van der Waals surface area contributed by atoms with Gasteiger partial charge in [-0.25, -0.2) is 4.98 Å². The third-order valence-corrected chi connectivity index (χ3v) is 4.87. The van der Waals surface area contributed by atoms with Crippen LogP contribution >= 0.6 is 0 Å². The molecular weight excluding hydrogens is 352 g/mol. The number of nitrogens with zero attached hydrogens (tertiary/aromatic N) is 3. The molecule has 0 saturated carbocycles. The van der Waals surface area contributed by atoms with E-state index in [1.165, 1.54) is 16.3 Å². The van der Waals surface area contributed by atoms with Gasteiger partial charge in [0.15, 0.2) is 0 Å².